The van der Waals surface area contributed by atoms with Gasteiger partial charge in [0.25, 0.3) is 0 Å². The van der Waals surface area contributed by atoms with Crippen molar-refractivity contribution in [1.29, 1.82) is 0 Å². The molecule has 150 valence electrons. The van der Waals surface area contributed by atoms with E-state index in [1.807, 2.05) is 24.3 Å². The quantitative estimate of drug-likeness (QED) is 0.719. The standard InChI is InChI=1S/C21H25NO5S/c1-16(23)17-6-5-7-18(14-17)28(24,25)22-15-21(10-12-27-13-11-21)19-8-3-4-9-20(19)26-2/h3-9,14,22H,10-13,15H2,1-2H3. The van der Waals surface area contributed by atoms with E-state index < -0.39 is 15.4 Å². The Morgan fingerprint density at radius 3 is 2.54 bits per heavy atom. The summed E-state index contributed by atoms with van der Waals surface area (Å²) in [4.78, 5) is 11.7. The number of ether oxygens (including phenoxy) is 2. The van der Waals surface area contributed by atoms with Gasteiger partial charge in [0.15, 0.2) is 5.78 Å². The van der Waals surface area contributed by atoms with Gasteiger partial charge in [-0.15, -0.1) is 0 Å². The Balaban J connectivity index is 1.90. The fraction of sp³-hybridized carbons (Fsp3) is 0.381. The first-order chi connectivity index (χ1) is 13.4. The van der Waals surface area contributed by atoms with E-state index in [0.717, 1.165) is 11.3 Å². The second-order valence-corrected chi connectivity index (χ2v) is 8.77. The minimum atomic E-state index is -3.77. The summed E-state index contributed by atoms with van der Waals surface area (Å²) in [6, 6.07) is 13.8. The van der Waals surface area contributed by atoms with E-state index in [4.69, 9.17) is 9.47 Å². The first-order valence-corrected chi connectivity index (χ1v) is 10.7. The summed E-state index contributed by atoms with van der Waals surface area (Å²) < 4.78 is 39.6. The lowest BCUT2D eigenvalue weighted by Gasteiger charge is -2.38. The maximum absolute atomic E-state index is 12.9. The average Bonchev–Trinajstić information content (AvgIpc) is 2.73. The first kappa shape index (κ1) is 20.5. The Kier molecular flexibility index (Phi) is 6.17. The molecule has 3 rings (SSSR count). The highest BCUT2D eigenvalue weighted by Crippen LogP contribution is 2.39. The van der Waals surface area contributed by atoms with E-state index in [9.17, 15) is 13.2 Å². The number of Topliss-reactive ketones (excluding diaryl/α,β-unsaturated/α-hetero) is 1. The largest absolute Gasteiger partial charge is 0.496 e. The molecule has 0 bridgehead atoms. The van der Waals surface area contributed by atoms with Crippen molar-refractivity contribution in [3.05, 3.63) is 59.7 Å². The number of nitrogens with one attached hydrogen (secondary N) is 1. The van der Waals surface area contributed by atoms with Crippen LogP contribution in [0.4, 0.5) is 0 Å². The third-order valence-corrected chi connectivity index (χ3v) is 6.68. The zero-order valence-electron chi connectivity index (χ0n) is 16.1. The molecular formula is C21H25NO5S. The normalized spacial score (nSPS) is 16.5. The van der Waals surface area contributed by atoms with Gasteiger partial charge >= 0.3 is 0 Å². The van der Waals surface area contributed by atoms with Crippen LogP contribution in [0.15, 0.2) is 53.4 Å². The van der Waals surface area contributed by atoms with Crippen molar-refractivity contribution < 1.29 is 22.7 Å². The Morgan fingerprint density at radius 1 is 1.14 bits per heavy atom. The summed E-state index contributed by atoms with van der Waals surface area (Å²) in [5.74, 6) is 0.564. The molecule has 0 saturated carbocycles. The van der Waals surface area contributed by atoms with Crippen LogP contribution in [0.2, 0.25) is 0 Å². The number of rotatable bonds is 7. The van der Waals surface area contributed by atoms with E-state index in [-0.39, 0.29) is 17.2 Å². The molecule has 0 unspecified atom stereocenters. The summed E-state index contributed by atoms with van der Waals surface area (Å²) in [7, 11) is -2.15. The molecule has 28 heavy (non-hydrogen) atoms. The molecule has 1 fully saturated rings. The van der Waals surface area contributed by atoms with Crippen LogP contribution in [0.3, 0.4) is 0 Å². The van der Waals surface area contributed by atoms with Crippen LogP contribution in [0.1, 0.15) is 35.7 Å². The highest BCUT2D eigenvalue weighted by Gasteiger charge is 2.37. The van der Waals surface area contributed by atoms with Crippen molar-refractivity contribution in [2.24, 2.45) is 0 Å². The molecule has 0 spiro atoms. The summed E-state index contributed by atoms with van der Waals surface area (Å²) in [5.41, 5.74) is 0.921. The SMILES string of the molecule is COc1ccccc1C1(CNS(=O)(=O)c2cccc(C(C)=O)c2)CCOCC1. The second kappa shape index (κ2) is 8.43. The number of carbonyl (C=O) groups excluding carboxylic acids is 1. The molecule has 1 aliphatic rings. The summed E-state index contributed by atoms with van der Waals surface area (Å²) in [6.45, 7) is 2.75. The van der Waals surface area contributed by atoms with E-state index in [0.29, 0.717) is 31.6 Å². The average molecular weight is 404 g/mol. The van der Waals surface area contributed by atoms with Crippen molar-refractivity contribution in [2.45, 2.75) is 30.1 Å². The first-order valence-electron chi connectivity index (χ1n) is 9.20. The molecule has 2 aromatic carbocycles. The molecule has 1 heterocycles. The number of para-hydroxylation sites is 1. The highest BCUT2D eigenvalue weighted by atomic mass is 32.2. The second-order valence-electron chi connectivity index (χ2n) is 7.00. The molecular weight excluding hydrogens is 378 g/mol. The lowest BCUT2D eigenvalue weighted by Crippen LogP contribution is -2.44. The molecule has 1 N–H and O–H groups in total. The van der Waals surface area contributed by atoms with Gasteiger partial charge in [-0.25, -0.2) is 13.1 Å². The smallest absolute Gasteiger partial charge is 0.240 e. The Labute approximate surface area is 165 Å². The number of hydrogen-bond donors (Lipinski definition) is 1. The molecule has 1 aliphatic heterocycles. The molecule has 0 radical (unpaired) electrons. The molecule has 1 saturated heterocycles. The number of sulfonamides is 1. The van der Waals surface area contributed by atoms with Crippen LogP contribution in [0, 0.1) is 0 Å². The van der Waals surface area contributed by atoms with Crippen molar-refractivity contribution in [3.63, 3.8) is 0 Å². The molecule has 6 nitrogen and oxygen atoms in total. The van der Waals surface area contributed by atoms with Gasteiger partial charge in [-0.1, -0.05) is 30.3 Å². The van der Waals surface area contributed by atoms with E-state index in [2.05, 4.69) is 4.72 Å². The lowest BCUT2D eigenvalue weighted by molar-refractivity contribution is 0.0509. The van der Waals surface area contributed by atoms with Crippen molar-refractivity contribution in [2.75, 3.05) is 26.9 Å². The van der Waals surface area contributed by atoms with Gasteiger partial charge in [0.1, 0.15) is 5.75 Å². The lowest BCUT2D eigenvalue weighted by atomic mass is 9.74. The van der Waals surface area contributed by atoms with Gasteiger partial charge in [-0.3, -0.25) is 4.79 Å². The number of methoxy groups -OCH3 is 1. The van der Waals surface area contributed by atoms with E-state index in [1.165, 1.54) is 19.1 Å². The van der Waals surface area contributed by atoms with Gasteiger partial charge in [0.2, 0.25) is 10.0 Å². The fourth-order valence-corrected chi connectivity index (χ4v) is 4.76. The Hall–Kier alpha value is -2.22. The third kappa shape index (κ3) is 4.27. The number of ketones is 1. The molecule has 7 heteroatoms. The zero-order chi connectivity index (χ0) is 20.2. The molecule has 0 aliphatic carbocycles. The van der Waals surface area contributed by atoms with Gasteiger partial charge in [-0.2, -0.15) is 0 Å². The van der Waals surface area contributed by atoms with E-state index in [1.54, 1.807) is 19.2 Å². The summed E-state index contributed by atoms with van der Waals surface area (Å²) in [5, 5.41) is 0. The van der Waals surface area contributed by atoms with Crippen LogP contribution in [0.25, 0.3) is 0 Å². The fourth-order valence-electron chi connectivity index (χ4n) is 3.58. The van der Waals surface area contributed by atoms with Crippen molar-refractivity contribution in [1.82, 2.24) is 4.72 Å². The Morgan fingerprint density at radius 2 is 1.86 bits per heavy atom. The van der Waals surface area contributed by atoms with E-state index >= 15 is 0 Å². The Bertz CT molecular complexity index is 949. The van der Waals surface area contributed by atoms with Crippen molar-refractivity contribution >= 4 is 15.8 Å². The minimum absolute atomic E-state index is 0.0856. The monoisotopic (exact) mass is 403 g/mol. The predicted molar refractivity (Wildman–Crippen MR) is 106 cm³/mol. The predicted octanol–water partition coefficient (Wildman–Crippen LogP) is 2.92. The maximum atomic E-state index is 12.9. The van der Waals surface area contributed by atoms with Crippen LogP contribution < -0.4 is 9.46 Å². The zero-order valence-corrected chi connectivity index (χ0v) is 16.9. The van der Waals surface area contributed by atoms with Crippen LogP contribution >= 0.6 is 0 Å². The molecule has 0 aromatic heterocycles. The summed E-state index contributed by atoms with van der Waals surface area (Å²) in [6.07, 6.45) is 1.37. The highest BCUT2D eigenvalue weighted by molar-refractivity contribution is 7.89. The van der Waals surface area contributed by atoms with Crippen LogP contribution in [-0.2, 0) is 20.2 Å². The number of carbonyl (C=O) groups is 1. The van der Waals surface area contributed by atoms with Crippen LogP contribution in [-0.4, -0.2) is 41.1 Å². The van der Waals surface area contributed by atoms with Gasteiger partial charge in [0, 0.05) is 36.3 Å². The van der Waals surface area contributed by atoms with Crippen molar-refractivity contribution in [3.8, 4) is 5.75 Å². The number of hydrogen-bond acceptors (Lipinski definition) is 5. The van der Waals surface area contributed by atoms with Crippen LogP contribution in [0.5, 0.6) is 5.75 Å². The number of benzene rings is 2. The molecule has 0 amide bonds. The van der Waals surface area contributed by atoms with Gasteiger partial charge < -0.3 is 9.47 Å². The topological polar surface area (TPSA) is 81.7 Å². The third-order valence-electron chi connectivity index (χ3n) is 5.28. The summed E-state index contributed by atoms with van der Waals surface area (Å²) >= 11 is 0. The molecule has 2 aromatic rings. The van der Waals surface area contributed by atoms with Gasteiger partial charge in [0.05, 0.1) is 12.0 Å². The minimum Gasteiger partial charge on any atom is -0.496 e. The maximum Gasteiger partial charge on any atom is 0.240 e. The molecule has 0 atom stereocenters. The van der Waals surface area contributed by atoms with Gasteiger partial charge in [-0.05, 0) is 38.0 Å².